The van der Waals surface area contributed by atoms with Gasteiger partial charge in [-0.25, -0.2) is 9.59 Å². The summed E-state index contributed by atoms with van der Waals surface area (Å²) in [6.45, 7) is 10.6. The van der Waals surface area contributed by atoms with Crippen LogP contribution in [-0.4, -0.2) is 82.3 Å². The molecule has 6 N–H and O–H groups in total. The number of rotatable bonds is 16. The van der Waals surface area contributed by atoms with Crippen LogP contribution in [-0.2, 0) is 33.7 Å². The van der Waals surface area contributed by atoms with E-state index in [0.29, 0.717) is 23.3 Å². The highest BCUT2D eigenvalue weighted by molar-refractivity contribution is 5.86. The molecule has 4 aromatic rings. The molecule has 0 unspecified atom stereocenters. The molecular weight excluding hydrogens is 678 g/mol. The molecule has 0 saturated carbocycles. The lowest BCUT2D eigenvalue weighted by Crippen LogP contribution is -2.58. The number of hydrogen-bond acceptors (Lipinski definition) is 10. The summed E-state index contributed by atoms with van der Waals surface area (Å²) in [6, 6.07) is 21.5. The quantitative estimate of drug-likeness (QED) is 0.0949. The number of furan rings is 1. The van der Waals surface area contributed by atoms with Crippen LogP contribution in [0.15, 0.2) is 89.5 Å². The molecule has 13 heteroatoms. The van der Waals surface area contributed by atoms with Gasteiger partial charge in [0.15, 0.2) is 12.2 Å². The second kappa shape index (κ2) is 18.7. The molecule has 286 valence electrons. The molecule has 0 bridgehead atoms. The normalized spacial score (nSPS) is 14.7. The Balaban J connectivity index is 1.40. The molecule has 0 radical (unpaired) electrons. The van der Waals surface area contributed by atoms with Gasteiger partial charge in [-0.1, -0.05) is 81.4 Å². The van der Waals surface area contributed by atoms with Crippen molar-refractivity contribution in [2.24, 2.45) is 5.41 Å². The number of carbonyl (C=O) groups is 3. The molecule has 2 aromatic heterocycles. The predicted molar refractivity (Wildman–Crippen MR) is 201 cm³/mol. The summed E-state index contributed by atoms with van der Waals surface area (Å²) in [4.78, 5) is 43.6. The van der Waals surface area contributed by atoms with E-state index in [1.54, 1.807) is 45.2 Å². The Labute approximate surface area is 310 Å². The van der Waals surface area contributed by atoms with Gasteiger partial charge in [-0.3, -0.25) is 9.78 Å². The first kappa shape index (κ1) is 40.8. The van der Waals surface area contributed by atoms with Gasteiger partial charge in [-0.2, -0.15) is 0 Å². The lowest BCUT2D eigenvalue weighted by molar-refractivity contribution is -0.127. The number of nitrogens with zero attached hydrogens (tertiary/aromatic N) is 1. The number of nitrogens with one attached hydrogen (secondary N) is 4. The maximum Gasteiger partial charge on any atom is 0.408 e. The van der Waals surface area contributed by atoms with E-state index in [9.17, 15) is 24.6 Å². The summed E-state index contributed by atoms with van der Waals surface area (Å²) in [5, 5.41) is 34.2. The van der Waals surface area contributed by atoms with Crippen molar-refractivity contribution in [3.63, 3.8) is 0 Å². The first-order chi connectivity index (χ1) is 25.1. The molecule has 0 fully saturated rings. The second-order valence-electron chi connectivity index (χ2n) is 15.2. The molecule has 0 aliphatic rings. The molecule has 5 atom stereocenters. The van der Waals surface area contributed by atoms with Crippen LogP contribution in [0.3, 0.4) is 0 Å². The summed E-state index contributed by atoms with van der Waals surface area (Å²) >= 11 is 0. The van der Waals surface area contributed by atoms with Gasteiger partial charge in [0.1, 0.15) is 22.9 Å². The second-order valence-corrected chi connectivity index (χ2v) is 15.2. The Morgan fingerprint density at radius 3 is 1.85 bits per heavy atom. The number of aromatic nitrogens is 1. The van der Waals surface area contributed by atoms with Crippen molar-refractivity contribution in [3.05, 3.63) is 102 Å². The number of fused-ring (bicyclic) bond motifs is 1. The lowest BCUT2D eigenvalue weighted by Gasteiger charge is -2.33. The topological polar surface area (TPSA) is 184 Å². The zero-order chi connectivity index (χ0) is 38.6. The molecular formula is C40H53N5O8. The van der Waals surface area contributed by atoms with Crippen LogP contribution in [0.4, 0.5) is 9.59 Å². The molecule has 2 aromatic carbocycles. The van der Waals surface area contributed by atoms with Crippen LogP contribution in [0.5, 0.6) is 0 Å². The summed E-state index contributed by atoms with van der Waals surface area (Å²) in [6.07, 6.45) is -1.35. The van der Waals surface area contributed by atoms with Crippen LogP contribution in [0.25, 0.3) is 11.1 Å². The Morgan fingerprint density at radius 1 is 0.755 bits per heavy atom. The van der Waals surface area contributed by atoms with E-state index in [1.165, 1.54) is 0 Å². The molecule has 0 saturated heterocycles. The fraction of sp³-hybridized carbons (Fsp3) is 0.450. The van der Waals surface area contributed by atoms with Crippen molar-refractivity contribution < 1.29 is 38.5 Å². The van der Waals surface area contributed by atoms with Gasteiger partial charge >= 0.3 is 12.2 Å². The van der Waals surface area contributed by atoms with Crippen molar-refractivity contribution in [3.8, 4) is 0 Å². The van der Waals surface area contributed by atoms with Crippen molar-refractivity contribution in [2.45, 2.75) is 96.9 Å². The van der Waals surface area contributed by atoms with Gasteiger partial charge in [0, 0.05) is 25.4 Å². The van der Waals surface area contributed by atoms with E-state index < -0.39 is 59.4 Å². The number of amides is 3. The minimum atomic E-state index is -1.10. The monoisotopic (exact) mass is 731 g/mol. The van der Waals surface area contributed by atoms with Crippen LogP contribution in [0.2, 0.25) is 0 Å². The minimum Gasteiger partial charge on any atom is -0.456 e. The van der Waals surface area contributed by atoms with Crippen molar-refractivity contribution >= 4 is 29.2 Å². The van der Waals surface area contributed by atoms with Crippen molar-refractivity contribution in [1.82, 2.24) is 26.3 Å². The number of carbonyl (C=O) groups excluding carboxylic acids is 3. The Morgan fingerprint density at radius 2 is 1.32 bits per heavy atom. The summed E-state index contributed by atoms with van der Waals surface area (Å²) < 4.78 is 16.5. The summed E-state index contributed by atoms with van der Waals surface area (Å²) in [5.41, 5.74) is 1.54. The number of aliphatic hydroxyl groups excluding tert-OH is 2. The summed E-state index contributed by atoms with van der Waals surface area (Å²) in [5.74, 6) is -0.104. The van der Waals surface area contributed by atoms with Crippen molar-refractivity contribution in [1.29, 1.82) is 0 Å². The molecule has 0 spiro atoms. The molecule has 3 amide bonds. The SMILES string of the molecule is CC(C)(C)OC(=O)N[C@@H](Cc1ccccc1)[C@H](O)CNC[C@@H](O)[C@H](Cc1ccccc1)NC(=O)[C@@H](NC(=O)OCc1cc2ncccc2o1)C(C)(C)C. The first-order valence-electron chi connectivity index (χ1n) is 17.8. The van der Waals surface area contributed by atoms with E-state index in [4.69, 9.17) is 13.9 Å². The highest BCUT2D eigenvalue weighted by atomic mass is 16.6. The first-order valence-corrected chi connectivity index (χ1v) is 17.8. The van der Waals surface area contributed by atoms with Gasteiger partial charge in [-0.05, 0) is 62.3 Å². The zero-order valence-corrected chi connectivity index (χ0v) is 31.3. The zero-order valence-electron chi connectivity index (χ0n) is 31.3. The third-order valence-corrected chi connectivity index (χ3v) is 8.34. The maximum absolute atomic E-state index is 13.8. The van der Waals surface area contributed by atoms with Crippen LogP contribution in [0, 0.1) is 5.41 Å². The Bertz CT molecular complexity index is 1720. The third-order valence-electron chi connectivity index (χ3n) is 8.34. The van der Waals surface area contributed by atoms with Crippen molar-refractivity contribution in [2.75, 3.05) is 13.1 Å². The molecule has 2 heterocycles. The van der Waals surface area contributed by atoms with Crippen LogP contribution >= 0.6 is 0 Å². The van der Waals surface area contributed by atoms with Crippen LogP contribution in [0.1, 0.15) is 58.4 Å². The Kier molecular flexibility index (Phi) is 14.4. The number of aliphatic hydroxyl groups is 2. The standard InChI is InChI=1S/C40H53N5O8/c1-39(2,3)35(45-37(49)51-25-28-22-31-34(52-28)18-13-19-42-31)36(48)43-29(20-26-14-9-7-10-15-26)32(46)23-41-24-33(47)30(21-27-16-11-8-12-17-27)44-38(50)53-40(4,5)6/h7-19,22,29-30,32-33,35,41,46-47H,20-21,23-25H2,1-6H3,(H,43,48)(H,44,50)(H,45,49)/t29-,30-,32+,33+,35+/m0/s1. The highest BCUT2D eigenvalue weighted by Gasteiger charge is 2.36. The van der Waals surface area contributed by atoms with Gasteiger partial charge < -0.3 is 45.4 Å². The van der Waals surface area contributed by atoms with Gasteiger partial charge in [0.05, 0.1) is 24.3 Å². The molecule has 0 aliphatic heterocycles. The van der Waals surface area contributed by atoms with Gasteiger partial charge in [-0.15, -0.1) is 0 Å². The third kappa shape index (κ3) is 13.5. The van der Waals surface area contributed by atoms with Gasteiger partial charge in [0.2, 0.25) is 5.91 Å². The largest absolute Gasteiger partial charge is 0.456 e. The average molecular weight is 732 g/mol. The Hall–Kier alpha value is -4.98. The molecule has 13 nitrogen and oxygen atoms in total. The minimum absolute atomic E-state index is 0.00134. The van der Waals surface area contributed by atoms with E-state index >= 15 is 0 Å². The van der Waals surface area contributed by atoms with Gasteiger partial charge in [0.25, 0.3) is 0 Å². The fourth-order valence-electron chi connectivity index (χ4n) is 5.65. The lowest BCUT2D eigenvalue weighted by atomic mass is 9.85. The number of hydrogen-bond donors (Lipinski definition) is 6. The fourth-order valence-corrected chi connectivity index (χ4v) is 5.65. The van der Waals surface area contributed by atoms with E-state index in [-0.39, 0.29) is 26.1 Å². The summed E-state index contributed by atoms with van der Waals surface area (Å²) in [7, 11) is 0. The maximum atomic E-state index is 13.8. The number of alkyl carbamates (subject to hydrolysis) is 2. The van der Waals surface area contributed by atoms with E-state index in [2.05, 4.69) is 26.3 Å². The highest BCUT2D eigenvalue weighted by Crippen LogP contribution is 2.21. The number of pyridine rings is 1. The molecule has 4 rings (SSSR count). The smallest absolute Gasteiger partial charge is 0.408 e. The molecule has 0 aliphatic carbocycles. The van der Waals surface area contributed by atoms with Crippen LogP contribution < -0.4 is 21.3 Å². The number of benzene rings is 2. The number of ether oxygens (including phenoxy) is 2. The average Bonchev–Trinajstić information content (AvgIpc) is 3.52. The van der Waals surface area contributed by atoms with E-state index in [0.717, 1.165) is 11.1 Å². The predicted octanol–water partition coefficient (Wildman–Crippen LogP) is 4.64. The van der Waals surface area contributed by atoms with E-state index in [1.807, 2.05) is 81.4 Å². The molecule has 53 heavy (non-hydrogen) atoms.